The number of hydrogen-bond acceptors (Lipinski definition) is 4. The van der Waals surface area contributed by atoms with Gasteiger partial charge in [-0.25, -0.2) is 0 Å². The van der Waals surface area contributed by atoms with Crippen LogP contribution < -0.4 is 16.4 Å². The van der Waals surface area contributed by atoms with E-state index in [0.29, 0.717) is 11.6 Å². The van der Waals surface area contributed by atoms with Crippen LogP contribution in [0.25, 0.3) is 10.8 Å². The van der Waals surface area contributed by atoms with Crippen molar-refractivity contribution in [1.29, 1.82) is 0 Å². The lowest BCUT2D eigenvalue weighted by atomic mass is 10.1. The minimum absolute atomic E-state index is 0.187. The number of carbonyl (C=O) groups excluding carboxylic acids is 1. The summed E-state index contributed by atoms with van der Waals surface area (Å²) in [5.74, 6) is 0.0677. The Morgan fingerprint density at radius 3 is 2.70 bits per heavy atom. The van der Waals surface area contributed by atoms with E-state index in [2.05, 4.69) is 18.8 Å². The number of nitrogens with two attached hydrogens (primary N) is 2. The summed E-state index contributed by atoms with van der Waals surface area (Å²) >= 11 is 0. The van der Waals surface area contributed by atoms with Crippen LogP contribution in [0.2, 0.25) is 0 Å². The maximum absolute atomic E-state index is 11.3. The van der Waals surface area contributed by atoms with Crippen LogP contribution in [0.3, 0.4) is 0 Å². The van der Waals surface area contributed by atoms with E-state index in [0.717, 1.165) is 23.0 Å². The molecule has 1 amide bonds. The molecule has 0 radical (unpaired) electrons. The average molecular weight is 272 g/mol. The average Bonchev–Trinajstić information content (AvgIpc) is 2.37. The Morgan fingerprint density at radius 2 is 2.05 bits per heavy atom. The zero-order valence-electron chi connectivity index (χ0n) is 11.8. The Hall–Kier alpha value is -2.30. The molecule has 2 aromatic rings. The molecule has 0 spiro atoms. The Balaban J connectivity index is 2.52. The van der Waals surface area contributed by atoms with E-state index in [1.165, 1.54) is 0 Å². The van der Waals surface area contributed by atoms with Gasteiger partial charge in [-0.1, -0.05) is 13.8 Å². The van der Waals surface area contributed by atoms with Crippen LogP contribution >= 0.6 is 0 Å². The van der Waals surface area contributed by atoms with Gasteiger partial charge < -0.3 is 16.4 Å². The number of amides is 1. The summed E-state index contributed by atoms with van der Waals surface area (Å²) in [4.78, 5) is 17.4. The lowest BCUT2D eigenvalue weighted by Gasteiger charge is -2.26. The molecule has 0 bridgehead atoms. The largest absolute Gasteiger partial charge is 0.398 e. The highest BCUT2D eigenvalue weighted by atomic mass is 16.1. The zero-order valence-corrected chi connectivity index (χ0v) is 11.8. The van der Waals surface area contributed by atoms with Gasteiger partial charge in [-0.05, 0) is 24.1 Å². The minimum atomic E-state index is -0.348. The first-order valence-corrected chi connectivity index (χ1v) is 6.64. The number of primary amides is 1. The van der Waals surface area contributed by atoms with E-state index in [4.69, 9.17) is 11.5 Å². The second-order valence-corrected chi connectivity index (χ2v) is 5.34. The Kier molecular flexibility index (Phi) is 4.08. The van der Waals surface area contributed by atoms with E-state index in [9.17, 15) is 4.79 Å². The summed E-state index contributed by atoms with van der Waals surface area (Å²) in [6.45, 7) is 5.14. The third-order valence-electron chi connectivity index (χ3n) is 3.10. The van der Waals surface area contributed by atoms with Gasteiger partial charge in [0.15, 0.2) is 0 Å². The predicted octanol–water partition coefficient (Wildman–Crippen LogP) is 1.76. The summed E-state index contributed by atoms with van der Waals surface area (Å²) in [6.07, 6.45) is 3.48. The van der Waals surface area contributed by atoms with E-state index in [1.807, 2.05) is 23.1 Å². The lowest BCUT2D eigenvalue weighted by Crippen LogP contribution is -2.36. The van der Waals surface area contributed by atoms with Gasteiger partial charge in [0.25, 0.3) is 0 Å². The number of carbonyl (C=O) groups is 1. The van der Waals surface area contributed by atoms with Gasteiger partial charge in [-0.2, -0.15) is 0 Å². The van der Waals surface area contributed by atoms with Gasteiger partial charge in [0.05, 0.1) is 6.54 Å². The topological polar surface area (TPSA) is 85.2 Å². The Morgan fingerprint density at radius 1 is 1.30 bits per heavy atom. The first kappa shape index (κ1) is 14.1. The fourth-order valence-electron chi connectivity index (χ4n) is 2.35. The summed E-state index contributed by atoms with van der Waals surface area (Å²) in [5, 5.41) is 1.88. The quantitative estimate of drug-likeness (QED) is 0.812. The summed E-state index contributed by atoms with van der Waals surface area (Å²) in [5.41, 5.74) is 13.0. The van der Waals surface area contributed by atoms with Crippen molar-refractivity contribution in [3.8, 4) is 0 Å². The highest BCUT2D eigenvalue weighted by Crippen LogP contribution is 2.30. The number of hydrogen-bond donors (Lipinski definition) is 2. The van der Waals surface area contributed by atoms with Gasteiger partial charge in [0, 0.05) is 41.1 Å². The molecule has 1 heterocycles. The molecule has 0 atom stereocenters. The number of nitrogen functional groups attached to an aromatic ring is 1. The summed E-state index contributed by atoms with van der Waals surface area (Å²) in [7, 11) is 0. The molecule has 20 heavy (non-hydrogen) atoms. The molecular formula is C15H20N4O. The van der Waals surface area contributed by atoms with Crippen LogP contribution in [0.4, 0.5) is 11.4 Å². The Bertz CT molecular complexity index is 624. The van der Waals surface area contributed by atoms with Crippen molar-refractivity contribution >= 4 is 28.1 Å². The maximum Gasteiger partial charge on any atom is 0.236 e. The van der Waals surface area contributed by atoms with Crippen molar-refractivity contribution in [2.75, 3.05) is 23.7 Å². The SMILES string of the molecule is CC(C)CN(CC(N)=O)c1ccc(N)c2ccncc12. The van der Waals surface area contributed by atoms with Gasteiger partial charge in [0.1, 0.15) is 0 Å². The van der Waals surface area contributed by atoms with Crippen LogP contribution in [0.1, 0.15) is 13.8 Å². The molecule has 2 rings (SSSR count). The van der Waals surface area contributed by atoms with Crippen molar-refractivity contribution in [3.63, 3.8) is 0 Å². The standard InChI is InChI=1S/C15H20N4O/c1-10(2)8-19(9-15(17)20)14-4-3-13(16)11-5-6-18-7-12(11)14/h3-7,10H,8-9,16H2,1-2H3,(H2,17,20). The van der Waals surface area contributed by atoms with Crippen LogP contribution in [0, 0.1) is 5.92 Å². The molecular weight excluding hydrogens is 252 g/mol. The van der Waals surface area contributed by atoms with E-state index < -0.39 is 0 Å². The molecule has 5 nitrogen and oxygen atoms in total. The maximum atomic E-state index is 11.3. The number of fused-ring (bicyclic) bond motifs is 1. The predicted molar refractivity (Wildman–Crippen MR) is 82.4 cm³/mol. The monoisotopic (exact) mass is 272 g/mol. The molecule has 0 saturated heterocycles. The van der Waals surface area contributed by atoms with Crippen LogP contribution in [-0.2, 0) is 4.79 Å². The van der Waals surface area contributed by atoms with Gasteiger partial charge in [-0.3, -0.25) is 9.78 Å². The molecule has 0 aliphatic carbocycles. The molecule has 1 aromatic heterocycles. The fourth-order valence-corrected chi connectivity index (χ4v) is 2.35. The second kappa shape index (κ2) is 5.77. The number of benzene rings is 1. The zero-order chi connectivity index (χ0) is 14.7. The highest BCUT2D eigenvalue weighted by Gasteiger charge is 2.15. The van der Waals surface area contributed by atoms with Gasteiger partial charge in [-0.15, -0.1) is 0 Å². The molecule has 0 aliphatic heterocycles. The first-order chi connectivity index (χ1) is 9.49. The third kappa shape index (κ3) is 2.99. The van der Waals surface area contributed by atoms with Crippen molar-refractivity contribution in [3.05, 3.63) is 30.6 Å². The van der Waals surface area contributed by atoms with Crippen molar-refractivity contribution in [1.82, 2.24) is 4.98 Å². The molecule has 0 aliphatic rings. The number of aromatic nitrogens is 1. The second-order valence-electron chi connectivity index (χ2n) is 5.34. The lowest BCUT2D eigenvalue weighted by molar-refractivity contribution is -0.116. The van der Waals surface area contributed by atoms with Gasteiger partial charge in [0.2, 0.25) is 5.91 Å². The molecule has 4 N–H and O–H groups in total. The number of pyridine rings is 1. The van der Waals surface area contributed by atoms with E-state index >= 15 is 0 Å². The fraction of sp³-hybridized carbons (Fsp3) is 0.333. The first-order valence-electron chi connectivity index (χ1n) is 6.64. The van der Waals surface area contributed by atoms with Crippen LogP contribution in [0.15, 0.2) is 30.6 Å². The molecule has 106 valence electrons. The van der Waals surface area contributed by atoms with Gasteiger partial charge >= 0.3 is 0 Å². The van der Waals surface area contributed by atoms with Crippen LogP contribution in [0.5, 0.6) is 0 Å². The number of nitrogens with zero attached hydrogens (tertiary/aromatic N) is 2. The molecule has 0 fully saturated rings. The summed E-state index contributed by atoms with van der Waals surface area (Å²) < 4.78 is 0. The van der Waals surface area contributed by atoms with Crippen molar-refractivity contribution in [2.45, 2.75) is 13.8 Å². The number of anilines is 2. The molecule has 0 unspecified atom stereocenters. The number of rotatable bonds is 5. The molecule has 0 saturated carbocycles. The van der Waals surface area contributed by atoms with E-state index in [-0.39, 0.29) is 12.5 Å². The van der Waals surface area contributed by atoms with Crippen molar-refractivity contribution < 1.29 is 4.79 Å². The highest BCUT2D eigenvalue weighted by molar-refractivity contribution is 6.01. The van der Waals surface area contributed by atoms with Crippen LogP contribution in [-0.4, -0.2) is 24.0 Å². The molecule has 1 aromatic carbocycles. The minimum Gasteiger partial charge on any atom is -0.398 e. The smallest absolute Gasteiger partial charge is 0.236 e. The third-order valence-corrected chi connectivity index (χ3v) is 3.10. The normalized spacial score (nSPS) is 10.9. The van der Waals surface area contributed by atoms with Crippen molar-refractivity contribution in [2.24, 2.45) is 11.7 Å². The molecule has 5 heteroatoms. The Labute approximate surface area is 118 Å². The summed E-state index contributed by atoms with van der Waals surface area (Å²) in [6, 6.07) is 5.66. The van der Waals surface area contributed by atoms with E-state index in [1.54, 1.807) is 12.4 Å².